The molecular formula is C14H24N2O4. The van der Waals surface area contributed by atoms with E-state index in [9.17, 15) is 14.7 Å². The molecule has 1 aliphatic heterocycles. The Morgan fingerprint density at radius 2 is 1.95 bits per heavy atom. The quantitative estimate of drug-likeness (QED) is 0.719. The van der Waals surface area contributed by atoms with Crippen LogP contribution in [0, 0.1) is 11.8 Å². The normalized spacial score (nSPS) is 30.2. The lowest BCUT2D eigenvalue weighted by molar-refractivity contribution is -0.142. The molecule has 0 aromatic carbocycles. The minimum Gasteiger partial charge on any atom is -0.481 e. The summed E-state index contributed by atoms with van der Waals surface area (Å²) in [5, 5.41) is 21.3. The third-order valence-corrected chi connectivity index (χ3v) is 4.59. The number of carbonyl (C=O) groups is 2. The van der Waals surface area contributed by atoms with E-state index >= 15 is 0 Å². The predicted molar refractivity (Wildman–Crippen MR) is 73.3 cm³/mol. The summed E-state index contributed by atoms with van der Waals surface area (Å²) in [6, 6.07) is -0.262. The van der Waals surface area contributed by atoms with Gasteiger partial charge >= 0.3 is 12.0 Å². The minimum absolute atomic E-state index is 0.00536. The zero-order valence-corrected chi connectivity index (χ0v) is 11.8. The second-order valence-corrected chi connectivity index (χ2v) is 5.85. The smallest absolute Gasteiger partial charge is 0.317 e. The standard InChI is InChI=1S/C14H24N2O4/c17-9-11-5-1-2-7-16(11)14(20)15-8-10-4-3-6-12(10)13(18)19/h10-12,17H,1-9H2,(H,15,20)(H,18,19). The average molecular weight is 284 g/mol. The number of hydrogen-bond acceptors (Lipinski definition) is 3. The number of piperidine rings is 1. The fraction of sp³-hybridized carbons (Fsp3) is 0.857. The summed E-state index contributed by atoms with van der Waals surface area (Å²) in [5.41, 5.74) is 0. The lowest BCUT2D eigenvalue weighted by atomic mass is 9.96. The molecule has 6 heteroatoms. The molecule has 114 valence electrons. The number of rotatable bonds is 4. The molecule has 6 nitrogen and oxygen atoms in total. The lowest BCUT2D eigenvalue weighted by Gasteiger charge is -2.35. The van der Waals surface area contributed by atoms with Crippen LogP contribution in [0.15, 0.2) is 0 Å². The van der Waals surface area contributed by atoms with Crippen LogP contribution in [0.4, 0.5) is 4.79 Å². The third kappa shape index (κ3) is 3.42. The third-order valence-electron chi connectivity index (χ3n) is 4.59. The molecule has 0 aromatic heterocycles. The Hall–Kier alpha value is -1.30. The minimum atomic E-state index is -0.757. The Balaban J connectivity index is 1.83. The first kappa shape index (κ1) is 15.1. The van der Waals surface area contributed by atoms with Gasteiger partial charge in [-0.05, 0) is 38.0 Å². The van der Waals surface area contributed by atoms with E-state index in [-0.39, 0.29) is 30.5 Å². The van der Waals surface area contributed by atoms with Crippen LogP contribution < -0.4 is 5.32 Å². The van der Waals surface area contributed by atoms with Crippen LogP contribution in [0.3, 0.4) is 0 Å². The molecule has 2 amide bonds. The van der Waals surface area contributed by atoms with Crippen LogP contribution in [0.5, 0.6) is 0 Å². The van der Waals surface area contributed by atoms with Gasteiger partial charge < -0.3 is 20.4 Å². The van der Waals surface area contributed by atoms with Gasteiger partial charge in [0.25, 0.3) is 0 Å². The van der Waals surface area contributed by atoms with E-state index in [1.807, 2.05) is 0 Å². The zero-order valence-electron chi connectivity index (χ0n) is 11.8. The molecule has 20 heavy (non-hydrogen) atoms. The Kier molecular flexibility index (Phi) is 5.23. The SMILES string of the molecule is O=C(O)C1CCCC1CNC(=O)N1CCCCC1CO. The number of nitrogens with one attached hydrogen (secondary N) is 1. The predicted octanol–water partition coefficient (Wildman–Crippen LogP) is 1.04. The summed E-state index contributed by atoms with van der Waals surface area (Å²) in [4.78, 5) is 24.9. The molecular weight excluding hydrogens is 260 g/mol. The molecule has 1 saturated heterocycles. The maximum Gasteiger partial charge on any atom is 0.317 e. The Labute approximate surface area is 119 Å². The Morgan fingerprint density at radius 3 is 2.65 bits per heavy atom. The highest BCUT2D eigenvalue weighted by atomic mass is 16.4. The van der Waals surface area contributed by atoms with Crippen molar-refractivity contribution in [2.75, 3.05) is 19.7 Å². The van der Waals surface area contributed by atoms with Crippen molar-refractivity contribution >= 4 is 12.0 Å². The summed E-state index contributed by atoms with van der Waals surface area (Å²) in [7, 11) is 0. The monoisotopic (exact) mass is 284 g/mol. The second kappa shape index (κ2) is 6.92. The molecule has 2 fully saturated rings. The van der Waals surface area contributed by atoms with Crippen LogP contribution in [0.1, 0.15) is 38.5 Å². The lowest BCUT2D eigenvalue weighted by Crippen LogP contribution is -2.51. The van der Waals surface area contributed by atoms with Gasteiger partial charge in [-0.1, -0.05) is 6.42 Å². The number of aliphatic hydroxyl groups is 1. The summed E-state index contributed by atoms with van der Waals surface area (Å²) >= 11 is 0. The molecule has 3 unspecified atom stereocenters. The molecule has 0 radical (unpaired) electrons. The van der Waals surface area contributed by atoms with E-state index in [0.717, 1.165) is 32.1 Å². The number of aliphatic carboxylic acids is 1. The highest BCUT2D eigenvalue weighted by Crippen LogP contribution is 2.31. The summed E-state index contributed by atoms with van der Waals surface area (Å²) in [6.45, 7) is 1.09. The maximum absolute atomic E-state index is 12.2. The summed E-state index contributed by atoms with van der Waals surface area (Å²) in [5.74, 6) is -1.05. The van der Waals surface area contributed by atoms with E-state index in [0.29, 0.717) is 19.5 Å². The molecule has 0 bridgehead atoms. The van der Waals surface area contributed by atoms with Gasteiger partial charge in [-0.3, -0.25) is 4.79 Å². The first-order valence-electron chi connectivity index (χ1n) is 7.51. The van der Waals surface area contributed by atoms with E-state index in [4.69, 9.17) is 5.11 Å². The number of aliphatic hydroxyl groups excluding tert-OH is 1. The molecule has 1 saturated carbocycles. The molecule has 3 atom stereocenters. The van der Waals surface area contributed by atoms with Crippen LogP contribution in [-0.4, -0.2) is 52.9 Å². The highest BCUT2D eigenvalue weighted by molar-refractivity contribution is 5.75. The fourth-order valence-electron chi connectivity index (χ4n) is 3.38. The molecule has 2 rings (SSSR count). The first-order chi connectivity index (χ1) is 9.63. The van der Waals surface area contributed by atoms with Crippen LogP contribution in [0.25, 0.3) is 0 Å². The number of likely N-dealkylation sites (tertiary alicyclic amines) is 1. The number of amides is 2. The van der Waals surface area contributed by atoms with Gasteiger partial charge in [-0.2, -0.15) is 0 Å². The average Bonchev–Trinajstić information content (AvgIpc) is 2.93. The van der Waals surface area contributed by atoms with Gasteiger partial charge in [-0.25, -0.2) is 4.79 Å². The van der Waals surface area contributed by atoms with Crippen molar-refractivity contribution in [3.8, 4) is 0 Å². The largest absolute Gasteiger partial charge is 0.481 e. The van der Waals surface area contributed by atoms with Gasteiger partial charge in [0, 0.05) is 13.1 Å². The molecule has 3 N–H and O–H groups in total. The second-order valence-electron chi connectivity index (χ2n) is 5.85. The maximum atomic E-state index is 12.2. The van der Waals surface area contributed by atoms with E-state index in [2.05, 4.69) is 5.32 Å². The van der Waals surface area contributed by atoms with E-state index in [1.165, 1.54) is 0 Å². The molecule has 2 aliphatic rings. The number of carboxylic acids is 1. The van der Waals surface area contributed by atoms with E-state index < -0.39 is 5.97 Å². The van der Waals surface area contributed by atoms with Crippen molar-refractivity contribution in [2.24, 2.45) is 11.8 Å². The van der Waals surface area contributed by atoms with Crippen molar-refractivity contribution in [1.29, 1.82) is 0 Å². The van der Waals surface area contributed by atoms with Gasteiger partial charge in [0.05, 0.1) is 18.6 Å². The van der Waals surface area contributed by atoms with Gasteiger partial charge in [0.2, 0.25) is 0 Å². The molecule has 0 spiro atoms. The van der Waals surface area contributed by atoms with Crippen LogP contribution in [0.2, 0.25) is 0 Å². The zero-order chi connectivity index (χ0) is 14.5. The summed E-state index contributed by atoms with van der Waals surface area (Å²) in [6.07, 6.45) is 5.33. The van der Waals surface area contributed by atoms with Crippen molar-refractivity contribution in [2.45, 2.75) is 44.6 Å². The van der Waals surface area contributed by atoms with E-state index in [1.54, 1.807) is 4.90 Å². The molecule has 1 aliphatic carbocycles. The summed E-state index contributed by atoms with van der Waals surface area (Å²) < 4.78 is 0. The number of carboxylic acid groups (broad SMARTS) is 1. The van der Waals surface area contributed by atoms with Gasteiger partial charge in [0.1, 0.15) is 0 Å². The Morgan fingerprint density at radius 1 is 1.15 bits per heavy atom. The van der Waals surface area contributed by atoms with Crippen LogP contribution >= 0.6 is 0 Å². The number of hydrogen-bond donors (Lipinski definition) is 3. The number of carbonyl (C=O) groups excluding carboxylic acids is 1. The van der Waals surface area contributed by atoms with Crippen molar-refractivity contribution in [3.05, 3.63) is 0 Å². The molecule has 0 aromatic rings. The Bertz CT molecular complexity index is 361. The van der Waals surface area contributed by atoms with Crippen molar-refractivity contribution in [1.82, 2.24) is 10.2 Å². The number of urea groups is 1. The highest BCUT2D eigenvalue weighted by Gasteiger charge is 2.34. The first-order valence-corrected chi connectivity index (χ1v) is 7.51. The van der Waals surface area contributed by atoms with Gasteiger partial charge in [-0.15, -0.1) is 0 Å². The number of nitrogens with zero attached hydrogens (tertiary/aromatic N) is 1. The fourth-order valence-corrected chi connectivity index (χ4v) is 3.38. The van der Waals surface area contributed by atoms with Crippen molar-refractivity contribution in [3.63, 3.8) is 0 Å². The topological polar surface area (TPSA) is 89.9 Å². The van der Waals surface area contributed by atoms with Gasteiger partial charge in [0.15, 0.2) is 0 Å². The van der Waals surface area contributed by atoms with Crippen LogP contribution in [-0.2, 0) is 4.79 Å². The molecule has 1 heterocycles. The van der Waals surface area contributed by atoms with Crippen molar-refractivity contribution < 1.29 is 19.8 Å².